The molecule has 0 saturated heterocycles. The molecule has 0 aliphatic heterocycles. The van der Waals surface area contributed by atoms with Crippen LogP contribution in [0, 0.1) is 0 Å². The second-order valence-corrected chi connectivity index (χ2v) is 6.81. The predicted molar refractivity (Wildman–Crippen MR) is 107 cm³/mol. The summed E-state index contributed by atoms with van der Waals surface area (Å²) in [6.07, 6.45) is 0. The van der Waals surface area contributed by atoms with Gasteiger partial charge in [-0.25, -0.2) is 0 Å². The number of methoxy groups -OCH3 is 1. The summed E-state index contributed by atoms with van der Waals surface area (Å²) >= 11 is 1.28. The van der Waals surface area contributed by atoms with Crippen molar-refractivity contribution in [2.75, 3.05) is 18.2 Å². The number of carbonyl (C=O) groups excluding carboxylic acids is 2. The Hall–Kier alpha value is -3.33. The van der Waals surface area contributed by atoms with E-state index in [9.17, 15) is 9.59 Å². The third-order valence-corrected chi connectivity index (χ3v) is 4.99. The molecule has 1 aromatic heterocycles. The molecule has 0 saturated carbocycles. The molecule has 0 aliphatic rings. The van der Waals surface area contributed by atoms with Crippen molar-refractivity contribution >= 4 is 29.3 Å². The molecule has 0 fully saturated rings. The van der Waals surface area contributed by atoms with E-state index in [-0.39, 0.29) is 11.7 Å². The number of benzene rings is 2. The number of nitrogens with zero attached hydrogens (tertiary/aromatic N) is 3. The van der Waals surface area contributed by atoms with Gasteiger partial charge in [-0.05, 0) is 48.5 Å². The number of nitrogens with two attached hydrogens (primary N) is 1. The number of anilines is 1. The number of carbonyl (C=O) groups is 2. The van der Waals surface area contributed by atoms with E-state index in [1.54, 1.807) is 31.4 Å². The fraction of sp³-hybridized carbons (Fsp3) is 0.158. The standard InChI is InChI=1S/C19H19N5O3S/c1-24-18(13-5-9-15(27-2)10-6-13)22-23-19(24)28-11-16(25)21-14-7-3-12(4-8-14)17(20)26/h3-10H,11H2,1-2H3,(H2,20,26)(H,21,25). The largest absolute Gasteiger partial charge is 0.497 e. The molecule has 8 nitrogen and oxygen atoms in total. The van der Waals surface area contributed by atoms with Gasteiger partial charge >= 0.3 is 0 Å². The maximum Gasteiger partial charge on any atom is 0.248 e. The summed E-state index contributed by atoms with van der Waals surface area (Å²) in [6.45, 7) is 0. The second-order valence-electron chi connectivity index (χ2n) is 5.87. The minimum absolute atomic E-state index is 0.173. The Bertz CT molecular complexity index is 984. The average molecular weight is 397 g/mol. The highest BCUT2D eigenvalue weighted by Crippen LogP contribution is 2.24. The Morgan fingerprint density at radius 3 is 2.39 bits per heavy atom. The van der Waals surface area contributed by atoms with E-state index in [1.807, 2.05) is 35.9 Å². The molecular formula is C19H19N5O3S. The molecule has 9 heteroatoms. The summed E-state index contributed by atoms with van der Waals surface area (Å²) in [5, 5.41) is 11.8. The maximum atomic E-state index is 12.2. The highest BCUT2D eigenvalue weighted by atomic mass is 32.2. The first kappa shape index (κ1) is 19.4. The van der Waals surface area contributed by atoms with Crippen molar-refractivity contribution in [3.05, 3.63) is 54.1 Å². The number of rotatable bonds is 7. The van der Waals surface area contributed by atoms with E-state index in [0.29, 0.717) is 22.2 Å². The lowest BCUT2D eigenvalue weighted by molar-refractivity contribution is -0.113. The van der Waals surface area contributed by atoms with Crippen LogP contribution in [0.2, 0.25) is 0 Å². The Morgan fingerprint density at radius 2 is 1.79 bits per heavy atom. The molecule has 3 rings (SSSR count). The van der Waals surface area contributed by atoms with Crippen molar-refractivity contribution < 1.29 is 14.3 Å². The molecule has 0 radical (unpaired) electrons. The first-order chi connectivity index (χ1) is 13.5. The van der Waals surface area contributed by atoms with Crippen molar-refractivity contribution in [1.29, 1.82) is 0 Å². The first-order valence-corrected chi connectivity index (χ1v) is 9.33. The van der Waals surface area contributed by atoms with Crippen LogP contribution in [0.15, 0.2) is 53.7 Å². The van der Waals surface area contributed by atoms with Crippen LogP contribution in [0.5, 0.6) is 5.75 Å². The summed E-state index contributed by atoms with van der Waals surface area (Å²) in [6, 6.07) is 13.9. The third kappa shape index (κ3) is 4.49. The number of thioether (sulfide) groups is 1. The van der Waals surface area contributed by atoms with E-state index in [0.717, 1.165) is 11.3 Å². The third-order valence-electron chi connectivity index (χ3n) is 3.97. The quantitative estimate of drug-likeness (QED) is 0.592. The summed E-state index contributed by atoms with van der Waals surface area (Å²) in [5.41, 5.74) is 7.08. The highest BCUT2D eigenvalue weighted by Gasteiger charge is 2.13. The molecule has 28 heavy (non-hydrogen) atoms. The molecule has 3 aromatic rings. The Balaban J connectivity index is 1.60. The smallest absolute Gasteiger partial charge is 0.248 e. The predicted octanol–water partition coefficient (Wildman–Crippen LogP) is 2.32. The molecule has 0 bridgehead atoms. The van der Waals surface area contributed by atoms with Crippen LogP contribution in [0.3, 0.4) is 0 Å². The molecule has 3 N–H and O–H groups in total. The van der Waals surface area contributed by atoms with Gasteiger partial charge in [0.2, 0.25) is 11.8 Å². The van der Waals surface area contributed by atoms with Crippen LogP contribution in [0.1, 0.15) is 10.4 Å². The van der Waals surface area contributed by atoms with Crippen molar-refractivity contribution in [3.8, 4) is 17.1 Å². The Morgan fingerprint density at radius 1 is 1.11 bits per heavy atom. The van der Waals surface area contributed by atoms with E-state index in [1.165, 1.54) is 11.8 Å². The van der Waals surface area contributed by atoms with Crippen LogP contribution < -0.4 is 15.8 Å². The molecule has 0 atom stereocenters. The zero-order valence-electron chi connectivity index (χ0n) is 15.4. The number of hydrogen-bond acceptors (Lipinski definition) is 6. The molecule has 144 valence electrons. The second kappa shape index (κ2) is 8.57. The summed E-state index contributed by atoms with van der Waals surface area (Å²) < 4.78 is 6.99. The molecule has 0 spiro atoms. The minimum Gasteiger partial charge on any atom is -0.497 e. The van der Waals surface area contributed by atoms with Crippen LogP contribution in [0.25, 0.3) is 11.4 Å². The van der Waals surface area contributed by atoms with Crippen molar-refractivity contribution in [1.82, 2.24) is 14.8 Å². The van der Waals surface area contributed by atoms with Gasteiger partial charge in [0.15, 0.2) is 11.0 Å². The van der Waals surface area contributed by atoms with Crippen molar-refractivity contribution in [3.63, 3.8) is 0 Å². The van der Waals surface area contributed by atoms with Gasteiger partial charge in [-0.2, -0.15) is 0 Å². The number of amides is 2. The van der Waals surface area contributed by atoms with Crippen LogP contribution >= 0.6 is 11.8 Å². The van der Waals surface area contributed by atoms with E-state index < -0.39 is 5.91 Å². The summed E-state index contributed by atoms with van der Waals surface area (Å²) in [7, 11) is 3.46. The molecule has 0 aliphatic carbocycles. The number of hydrogen-bond donors (Lipinski definition) is 2. The maximum absolute atomic E-state index is 12.2. The van der Waals surface area contributed by atoms with Gasteiger partial charge in [-0.1, -0.05) is 11.8 Å². The number of primary amides is 1. The number of ether oxygens (including phenoxy) is 1. The van der Waals surface area contributed by atoms with Gasteiger partial charge in [-0.3, -0.25) is 9.59 Å². The lowest BCUT2D eigenvalue weighted by Crippen LogP contribution is -2.15. The van der Waals surface area contributed by atoms with Crippen molar-refractivity contribution in [2.45, 2.75) is 5.16 Å². The highest BCUT2D eigenvalue weighted by molar-refractivity contribution is 7.99. The van der Waals surface area contributed by atoms with Crippen LogP contribution in [-0.4, -0.2) is 39.4 Å². The monoisotopic (exact) mass is 397 g/mol. The zero-order valence-corrected chi connectivity index (χ0v) is 16.2. The Labute approximate surface area is 166 Å². The van der Waals surface area contributed by atoms with Crippen LogP contribution in [-0.2, 0) is 11.8 Å². The fourth-order valence-electron chi connectivity index (χ4n) is 2.48. The van der Waals surface area contributed by atoms with Crippen LogP contribution in [0.4, 0.5) is 5.69 Å². The molecule has 2 amide bonds. The lowest BCUT2D eigenvalue weighted by atomic mass is 10.2. The van der Waals surface area contributed by atoms with Crippen molar-refractivity contribution in [2.24, 2.45) is 12.8 Å². The SMILES string of the molecule is COc1ccc(-c2nnc(SCC(=O)Nc3ccc(C(N)=O)cc3)n2C)cc1. The van der Waals surface area contributed by atoms with Gasteiger partial charge in [0.25, 0.3) is 0 Å². The first-order valence-electron chi connectivity index (χ1n) is 8.34. The molecule has 0 unspecified atom stereocenters. The number of nitrogens with one attached hydrogen (secondary N) is 1. The van der Waals surface area contributed by atoms with E-state index in [4.69, 9.17) is 10.5 Å². The topological polar surface area (TPSA) is 112 Å². The number of aromatic nitrogens is 3. The van der Waals surface area contributed by atoms with Gasteiger partial charge in [0, 0.05) is 23.9 Å². The normalized spacial score (nSPS) is 10.5. The van der Waals surface area contributed by atoms with Gasteiger partial charge in [0.1, 0.15) is 5.75 Å². The lowest BCUT2D eigenvalue weighted by Gasteiger charge is -2.06. The summed E-state index contributed by atoms with van der Waals surface area (Å²) in [4.78, 5) is 23.2. The molecule has 2 aromatic carbocycles. The Kier molecular flexibility index (Phi) is 5.95. The van der Waals surface area contributed by atoms with E-state index in [2.05, 4.69) is 15.5 Å². The summed E-state index contributed by atoms with van der Waals surface area (Å²) in [5.74, 6) is 0.939. The van der Waals surface area contributed by atoms with Gasteiger partial charge < -0.3 is 20.4 Å². The molecule has 1 heterocycles. The molecular weight excluding hydrogens is 378 g/mol. The average Bonchev–Trinajstić information content (AvgIpc) is 3.07. The van der Waals surface area contributed by atoms with Gasteiger partial charge in [0.05, 0.1) is 12.9 Å². The van der Waals surface area contributed by atoms with Gasteiger partial charge in [-0.15, -0.1) is 10.2 Å². The zero-order chi connectivity index (χ0) is 20.1. The van der Waals surface area contributed by atoms with E-state index >= 15 is 0 Å². The fourth-order valence-corrected chi connectivity index (χ4v) is 3.19. The minimum atomic E-state index is -0.511.